The van der Waals surface area contributed by atoms with Gasteiger partial charge in [0.25, 0.3) is 5.91 Å². The number of thioether (sulfide) groups is 1. The Morgan fingerprint density at radius 2 is 1.55 bits per heavy atom. The summed E-state index contributed by atoms with van der Waals surface area (Å²) in [7, 11) is 0. The molecule has 5 aliphatic rings. The van der Waals surface area contributed by atoms with Gasteiger partial charge in [-0.25, -0.2) is 4.68 Å². The Morgan fingerprint density at radius 1 is 0.952 bits per heavy atom. The molecule has 5 fully saturated rings. The van der Waals surface area contributed by atoms with E-state index in [0.29, 0.717) is 10.9 Å². The highest BCUT2D eigenvalue weighted by molar-refractivity contribution is 8.26. The van der Waals surface area contributed by atoms with E-state index in [1.807, 2.05) is 10.7 Å². The topological polar surface area (TPSA) is 75.4 Å². The molecule has 4 bridgehead atoms. The van der Waals surface area contributed by atoms with Gasteiger partial charge in [-0.3, -0.25) is 14.5 Å². The Morgan fingerprint density at radius 3 is 2.17 bits per heavy atom. The first-order chi connectivity index (χ1) is 20.4. The fraction of sp³-hybridized carbons (Fsp3) is 0.588. The number of carbonyl (C=O) groups is 2. The number of aliphatic carboxylic acids is 1. The molecule has 224 valence electrons. The molecule has 4 aliphatic carbocycles. The van der Waals surface area contributed by atoms with E-state index in [9.17, 15) is 9.59 Å². The summed E-state index contributed by atoms with van der Waals surface area (Å²) in [6, 6.07) is 10.3. The van der Waals surface area contributed by atoms with Gasteiger partial charge < -0.3 is 5.11 Å². The van der Waals surface area contributed by atoms with Crippen LogP contribution in [0.3, 0.4) is 0 Å². The fourth-order valence-corrected chi connectivity index (χ4v) is 9.76. The molecule has 42 heavy (non-hydrogen) atoms. The zero-order valence-electron chi connectivity index (χ0n) is 24.5. The SMILES string of the molecule is O=C(O)CCCCCCCCCCN1C(=O)/C(=C/c2cn(-c3ccccc3)nc2C23CC4CC(CC(C4)C2)C3)SC1=S. The van der Waals surface area contributed by atoms with Crippen molar-refractivity contribution < 1.29 is 14.7 Å². The molecule has 1 amide bonds. The van der Waals surface area contributed by atoms with Gasteiger partial charge in [0, 0.05) is 30.1 Å². The summed E-state index contributed by atoms with van der Waals surface area (Å²) >= 11 is 7.12. The van der Waals surface area contributed by atoms with Crippen molar-refractivity contribution in [1.82, 2.24) is 14.7 Å². The third kappa shape index (κ3) is 6.54. The summed E-state index contributed by atoms with van der Waals surface area (Å²) in [4.78, 5) is 26.7. The van der Waals surface area contributed by atoms with E-state index in [2.05, 4.69) is 36.5 Å². The summed E-state index contributed by atoms with van der Waals surface area (Å²) in [5.74, 6) is 1.79. The Balaban J connectivity index is 1.11. The number of para-hydroxylation sites is 1. The predicted octanol–water partition coefficient (Wildman–Crippen LogP) is 8.14. The van der Waals surface area contributed by atoms with Crippen molar-refractivity contribution >= 4 is 46.3 Å². The highest BCUT2D eigenvalue weighted by Crippen LogP contribution is 2.61. The van der Waals surface area contributed by atoms with Crippen molar-refractivity contribution in [2.45, 2.75) is 102 Å². The quantitative estimate of drug-likeness (QED) is 0.133. The molecule has 1 aromatic carbocycles. The first kappa shape index (κ1) is 29.6. The molecule has 2 heterocycles. The lowest BCUT2D eigenvalue weighted by atomic mass is 9.48. The van der Waals surface area contributed by atoms with E-state index in [1.165, 1.54) is 56.0 Å². The third-order valence-corrected chi connectivity index (χ3v) is 11.4. The Bertz CT molecular complexity index is 1300. The molecule has 1 aliphatic heterocycles. The van der Waals surface area contributed by atoms with Crippen molar-refractivity contribution in [2.24, 2.45) is 17.8 Å². The number of aromatic nitrogens is 2. The van der Waals surface area contributed by atoms with Gasteiger partial charge in [-0.1, -0.05) is 80.7 Å². The number of carboxylic acids is 1. The molecule has 1 N–H and O–H groups in total. The van der Waals surface area contributed by atoms with Crippen LogP contribution in [0.2, 0.25) is 0 Å². The number of hydrogen-bond acceptors (Lipinski definition) is 5. The number of hydrogen-bond donors (Lipinski definition) is 1. The summed E-state index contributed by atoms with van der Waals surface area (Å²) in [5, 5.41) is 14.0. The molecule has 0 atom stereocenters. The Hall–Kier alpha value is -2.45. The van der Waals surface area contributed by atoms with Crippen LogP contribution < -0.4 is 0 Å². The second kappa shape index (κ2) is 13.0. The number of carbonyl (C=O) groups excluding carboxylic acids is 1. The number of benzene rings is 1. The molecular weight excluding hydrogens is 563 g/mol. The van der Waals surface area contributed by atoms with Gasteiger partial charge in [0.2, 0.25) is 0 Å². The second-order valence-corrected chi connectivity index (χ2v) is 14.9. The molecule has 0 unspecified atom stereocenters. The number of carboxylic acid groups (broad SMARTS) is 1. The van der Waals surface area contributed by atoms with E-state index in [-0.39, 0.29) is 17.7 Å². The average Bonchev–Trinajstić information content (AvgIpc) is 3.50. The van der Waals surface area contributed by atoms with Crippen LogP contribution in [-0.4, -0.2) is 42.5 Å². The maximum atomic E-state index is 13.6. The number of amides is 1. The Labute approximate surface area is 259 Å². The summed E-state index contributed by atoms with van der Waals surface area (Å²) < 4.78 is 2.68. The number of unbranched alkanes of at least 4 members (excludes halogenated alkanes) is 7. The zero-order chi connectivity index (χ0) is 29.1. The summed E-state index contributed by atoms with van der Waals surface area (Å²) in [5.41, 5.74) is 3.46. The van der Waals surface area contributed by atoms with Crippen molar-refractivity contribution in [3.05, 3.63) is 52.7 Å². The number of nitrogens with zero attached hydrogens (tertiary/aromatic N) is 3. The first-order valence-electron chi connectivity index (χ1n) is 16.0. The molecule has 1 saturated heterocycles. The maximum absolute atomic E-state index is 13.6. The molecule has 0 spiro atoms. The van der Waals surface area contributed by atoms with Gasteiger partial charge in [-0.15, -0.1) is 0 Å². The van der Waals surface area contributed by atoms with Crippen LogP contribution in [-0.2, 0) is 15.0 Å². The normalized spacial score (nSPS) is 27.5. The van der Waals surface area contributed by atoms with E-state index >= 15 is 0 Å². The van der Waals surface area contributed by atoms with Gasteiger partial charge in [-0.05, 0) is 87.3 Å². The molecule has 0 radical (unpaired) electrons. The summed E-state index contributed by atoms with van der Waals surface area (Å²) in [6.07, 6.45) is 20.7. The third-order valence-electron chi connectivity index (χ3n) is 9.99. The van der Waals surface area contributed by atoms with E-state index < -0.39 is 5.97 Å². The lowest BCUT2D eigenvalue weighted by Crippen LogP contribution is -2.49. The smallest absolute Gasteiger partial charge is 0.303 e. The Kier molecular flexibility index (Phi) is 9.20. The zero-order valence-corrected chi connectivity index (χ0v) is 26.1. The highest BCUT2D eigenvalue weighted by atomic mass is 32.2. The van der Waals surface area contributed by atoms with E-state index in [4.69, 9.17) is 22.4 Å². The van der Waals surface area contributed by atoms with Crippen LogP contribution >= 0.6 is 24.0 Å². The van der Waals surface area contributed by atoms with Crippen LogP contribution in [0.25, 0.3) is 11.8 Å². The minimum absolute atomic E-state index is 0.0346. The van der Waals surface area contributed by atoms with Crippen LogP contribution in [0.4, 0.5) is 0 Å². The standard InChI is InChI=1S/C34H43N3O3S2/c38-30(39)14-10-5-3-1-2-4-6-11-15-36-32(40)29(42-33(36)41)19-27-23-37(28-12-8-7-9-13-28)35-31(27)34-20-24-16-25(21-34)18-26(17-24)22-34/h7-9,12-13,19,23-26H,1-6,10-11,14-18,20-22H2,(H,38,39)/b29-19-. The van der Waals surface area contributed by atoms with Crippen LogP contribution in [0, 0.1) is 17.8 Å². The molecule has 2 aromatic rings. The van der Waals surface area contributed by atoms with Gasteiger partial charge in [-0.2, -0.15) is 5.10 Å². The minimum atomic E-state index is -0.703. The monoisotopic (exact) mass is 605 g/mol. The maximum Gasteiger partial charge on any atom is 0.303 e. The van der Waals surface area contributed by atoms with Gasteiger partial charge in [0.05, 0.1) is 16.3 Å². The van der Waals surface area contributed by atoms with E-state index in [1.54, 1.807) is 4.90 Å². The lowest BCUT2D eigenvalue weighted by Gasteiger charge is -2.56. The van der Waals surface area contributed by atoms with Gasteiger partial charge in [0.15, 0.2) is 0 Å². The van der Waals surface area contributed by atoms with Crippen molar-refractivity contribution in [2.75, 3.05) is 6.54 Å². The predicted molar refractivity (Wildman–Crippen MR) is 172 cm³/mol. The summed E-state index contributed by atoms with van der Waals surface area (Å²) in [6.45, 7) is 0.672. The molecule has 7 rings (SSSR count). The van der Waals surface area contributed by atoms with E-state index in [0.717, 1.165) is 85.3 Å². The highest BCUT2D eigenvalue weighted by Gasteiger charge is 2.53. The van der Waals surface area contributed by atoms with Crippen molar-refractivity contribution in [3.8, 4) is 5.69 Å². The van der Waals surface area contributed by atoms with Crippen LogP contribution in [0.5, 0.6) is 0 Å². The molecule has 1 aromatic heterocycles. The van der Waals surface area contributed by atoms with Crippen LogP contribution in [0.1, 0.15) is 108 Å². The van der Waals surface area contributed by atoms with Gasteiger partial charge >= 0.3 is 5.97 Å². The first-order valence-corrected chi connectivity index (χ1v) is 17.3. The number of rotatable bonds is 14. The number of thiocarbonyl (C=S) groups is 1. The second-order valence-electron chi connectivity index (χ2n) is 13.2. The lowest BCUT2D eigenvalue weighted by molar-refractivity contribution is -0.137. The molecule has 4 saturated carbocycles. The van der Waals surface area contributed by atoms with Crippen molar-refractivity contribution in [1.29, 1.82) is 0 Å². The van der Waals surface area contributed by atoms with Crippen molar-refractivity contribution in [3.63, 3.8) is 0 Å². The van der Waals surface area contributed by atoms with Gasteiger partial charge in [0.1, 0.15) is 4.32 Å². The molecular formula is C34H43N3O3S2. The fourth-order valence-electron chi connectivity index (χ4n) is 8.46. The molecule has 8 heteroatoms. The minimum Gasteiger partial charge on any atom is -0.481 e. The van der Waals surface area contributed by atoms with Crippen LogP contribution in [0.15, 0.2) is 41.4 Å². The average molecular weight is 606 g/mol. The molecule has 6 nitrogen and oxygen atoms in total. The largest absolute Gasteiger partial charge is 0.481 e.